The number of para-hydroxylation sites is 2. The second-order valence-corrected chi connectivity index (χ2v) is 12.4. The Bertz CT molecular complexity index is 1360. The second-order valence-electron chi connectivity index (χ2n) is 12.4. The molecule has 2 heteroatoms. The van der Waals surface area contributed by atoms with Crippen LogP contribution in [0.4, 0.5) is 0 Å². The third-order valence-corrected chi connectivity index (χ3v) is 8.94. The quantitative estimate of drug-likeness (QED) is 0.0978. The van der Waals surface area contributed by atoms with E-state index in [0.29, 0.717) is 11.8 Å². The summed E-state index contributed by atoms with van der Waals surface area (Å²) in [5.41, 5.74) is 6.99. The number of hydrogen-bond acceptors (Lipinski definition) is 2. The lowest BCUT2D eigenvalue weighted by molar-refractivity contribution is 0.233. The molecule has 4 rings (SSSR count). The largest absolute Gasteiger partial charge is 0.493 e. The van der Waals surface area contributed by atoms with Gasteiger partial charge in [0.05, 0.1) is 13.2 Å². The van der Waals surface area contributed by atoms with Gasteiger partial charge in [0.2, 0.25) is 0 Å². The maximum atomic E-state index is 6.28. The smallest absolute Gasteiger partial charge is 0.126 e. The fourth-order valence-electron chi connectivity index (χ4n) is 5.66. The highest BCUT2D eigenvalue weighted by atomic mass is 16.5. The molecule has 46 heavy (non-hydrogen) atoms. The summed E-state index contributed by atoms with van der Waals surface area (Å²) in [5, 5.41) is 0. The van der Waals surface area contributed by atoms with Crippen LogP contribution in [0.25, 0.3) is 35.4 Å². The highest BCUT2D eigenvalue weighted by Crippen LogP contribution is 2.26. The van der Waals surface area contributed by atoms with Crippen molar-refractivity contribution in [2.75, 3.05) is 13.2 Å². The monoisotopic (exact) mass is 614 g/mol. The van der Waals surface area contributed by atoms with E-state index < -0.39 is 0 Å². The maximum absolute atomic E-state index is 6.28. The van der Waals surface area contributed by atoms with E-state index in [0.717, 1.165) is 48.7 Å². The Morgan fingerprint density at radius 2 is 0.870 bits per heavy atom. The lowest BCUT2D eigenvalue weighted by atomic mass is 10.0. The molecule has 0 bridgehead atoms. The van der Waals surface area contributed by atoms with Crippen molar-refractivity contribution < 1.29 is 9.47 Å². The van der Waals surface area contributed by atoms with Crippen molar-refractivity contribution in [3.8, 4) is 22.6 Å². The maximum Gasteiger partial charge on any atom is 0.126 e. The van der Waals surface area contributed by atoms with Crippen LogP contribution in [-0.2, 0) is 0 Å². The molecule has 0 N–H and O–H groups in total. The molecule has 0 heterocycles. The highest BCUT2D eigenvalue weighted by Gasteiger charge is 2.10. The molecule has 0 aliphatic heterocycles. The normalized spacial score (nSPS) is 12.9. The van der Waals surface area contributed by atoms with Gasteiger partial charge in [-0.15, -0.1) is 0 Å². The minimum Gasteiger partial charge on any atom is -0.493 e. The van der Waals surface area contributed by atoms with E-state index in [1.807, 2.05) is 0 Å². The third kappa shape index (κ3) is 11.1. The standard InChI is InChI=1S/C44H54O2/c1-5-9-15-35(7-3)33-45-43-19-13-11-17-41(43)31-25-37-21-27-39(28-22-37)40-29-23-38(24-30-40)26-32-42-18-12-14-20-44(42)46-34-36(8-4)16-10-6-2/h11-14,17-32,35-36H,5-10,15-16,33-34H2,1-4H3/b31-25+,32-26+. The average Bonchev–Trinajstić information content (AvgIpc) is 3.11. The molecular formula is C44H54O2. The van der Waals surface area contributed by atoms with Crippen LogP contribution in [0.1, 0.15) is 101 Å². The summed E-state index contributed by atoms with van der Waals surface area (Å²) in [6.45, 7) is 10.6. The number of benzene rings is 4. The summed E-state index contributed by atoms with van der Waals surface area (Å²) in [7, 11) is 0. The van der Waals surface area contributed by atoms with Gasteiger partial charge in [0.1, 0.15) is 11.5 Å². The van der Waals surface area contributed by atoms with Gasteiger partial charge >= 0.3 is 0 Å². The zero-order valence-electron chi connectivity index (χ0n) is 28.6. The fourth-order valence-corrected chi connectivity index (χ4v) is 5.66. The molecule has 0 saturated carbocycles. The minimum atomic E-state index is 0.615. The van der Waals surface area contributed by atoms with Gasteiger partial charge in [-0.05, 0) is 59.1 Å². The molecular weight excluding hydrogens is 560 g/mol. The Labute approximate surface area is 279 Å². The van der Waals surface area contributed by atoms with E-state index in [1.54, 1.807) is 0 Å². The van der Waals surface area contributed by atoms with Crippen LogP contribution in [-0.4, -0.2) is 13.2 Å². The number of rotatable bonds is 19. The molecule has 2 nitrogen and oxygen atoms in total. The summed E-state index contributed by atoms with van der Waals surface area (Å²) >= 11 is 0. The van der Waals surface area contributed by atoms with Crippen LogP contribution in [0, 0.1) is 11.8 Å². The van der Waals surface area contributed by atoms with E-state index in [-0.39, 0.29) is 0 Å². The van der Waals surface area contributed by atoms with Crippen molar-refractivity contribution in [3.63, 3.8) is 0 Å². The summed E-state index contributed by atoms with van der Waals surface area (Å²) < 4.78 is 12.6. The lowest BCUT2D eigenvalue weighted by Crippen LogP contribution is -2.11. The zero-order chi connectivity index (χ0) is 32.4. The summed E-state index contributed by atoms with van der Waals surface area (Å²) in [5.74, 6) is 3.15. The van der Waals surface area contributed by atoms with Crippen molar-refractivity contribution in [1.82, 2.24) is 0 Å². The number of hydrogen-bond donors (Lipinski definition) is 0. The van der Waals surface area contributed by atoms with E-state index in [9.17, 15) is 0 Å². The Balaban J connectivity index is 1.35. The second kappa shape index (κ2) is 19.5. The molecule has 0 saturated heterocycles. The van der Waals surface area contributed by atoms with Gasteiger partial charge in [-0.25, -0.2) is 0 Å². The van der Waals surface area contributed by atoms with Crippen molar-refractivity contribution in [1.29, 1.82) is 0 Å². The molecule has 242 valence electrons. The lowest BCUT2D eigenvalue weighted by Gasteiger charge is -2.16. The zero-order valence-corrected chi connectivity index (χ0v) is 28.6. The SMILES string of the molecule is CCCCC(CC)COc1ccccc1/C=C/c1ccc(-c2ccc(/C=C/c3ccccc3OCC(CC)CCCC)cc2)cc1. The molecule has 0 spiro atoms. The summed E-state index contributed by atoms with van der Waals surface area (Å²) in [6, 6.07) is 34.2. The van der Waals surface area contributed by atoms with Crippen LogP contribution >= 0.6 is 0 Å². The number of unbranched alkanes of at least 4 members (excludes halogenated alkanes) is 2. The molecule has 0 aromatic heterocycles. The fraction of sp³-hybridized carbons (Fsp3) is 0.364. The van der Waals surface area contributed by atoms with Gasteiger partial charge in [0.15, 0.2) is 0 Å². The third-order valence-electron chi connectivity index (χ3n) is 8.94. The van der Waals surface area contributed by atoms with Crippen LogP contribution < -0.4 is 9.47 Å². The van der Waals surface area contributed by atoms with Gasteiger partial charge < -0.3 is 9.47 Å². The molecule has 0 amide bonds. The van der Waals surface area contributed by atoms with Crippen LogP contribution in [0.15, 0.2) is 97.1 Å². The topological polar surface area (TPSA) is 18.5 Å². The minimum absolute atomic E-state index is 0.615. The Morgan fingerprint density at radius 1 is 0.478 bits per heavy atom. The van der Waals surface area contributed by atoms with Crippen molar-refractivity contribution >= 4 is 24.3 Å². The average molecular weight is 615 g/mol. The first-order valence-corrected chi connectivity index (χ1v) is 17.6. The predicted octanol–water partition coefficient (Wildman–Crippen LogP) is 12.9. The molecule has 2 unspecified atom stereocenters. The summed E-state index contributed by atoms with van der Waals surface area (Å²) in [6.07, 6.45) is 18.5. The van der Waals surface area contributed by atoms with E-state index in [4.69, 9.17) is 9.47 Å². The van der Waals surface area contributed by atoms with Gasteiger partial charge in [-0.1, -0.05) is 175 Å². The number of ether oxygens (including phenoxy) is 2. The Morgan fingerprint density at radius 3 is 1.24 bits per heavy atom. The van der Waals surface area contributed by atoms with Gasteiger partial charge in [-0.2, -0.15) is 0 Å². The molecule has 2 atom stereocenters. The predicted molar refractivity (Wildman–Crippen MR) is 200 cm³/mol. The molecule has 0 fully saturated rings. The molecule has 4 aromatic rings. The van der Waals surface area contributed by atoms with Gasteiger partial charge in [0, 0.05) is 11.1 Å². The summed E-state index contributed by atoms with van der Waals surface area (Å²) in [4.78, 5) is 0. The molecule has 4 aromatic carbocycles. The molecule has 0 radical (unpaired) electrons. The Kier molecular flexibility index (Phi) is 14.7. The van der Waals surface area contributed by atoms with E-state index in [1.165, 1.54) is 60.8 Å². The first-order chi connectivity index (χ1) is 22.6. The molecule has 0 aliphatic rings. The van der Waals surface area contributed by atoms with Crippen molar-refractivity contribution in [2.24, 2.45) is 11.8 Å². The first kappa shape index (κ1) is 34.8. The van der Waals surface area contributed by atoms with E-state index >= 15 is 0 Å². The highest BCUT2D eigenvalue weighted by molar-refractivity contribution is 5.76. The van der Waals surface area contributed by atoms with Crippen molar-refractivity contribution in [3.05, 3.63) is 119 Å². The molecule has 0 aliphatic carbocycles. The van der Waals surface area contributed by atoms with Crippen molar-refractivity contribution in [2.45, 2.75) is 79.1 Å². The van der Waals surface area contributed by atoms with E-state index in [2.05, 4.69) is 149 Å². The first-order valence-electron chi connectivity index (χ1n) is 17.6. The van der Waals surface area contributed by atoms with Crippen LogP contribution in [0.5, 0.6) is 11.5 Å². The van der Waals surface area contributed by atoms with Crippen LogP contribution in [0.3, 0.4) is 0 Å². The van der Waals surface area contributed by atoms with Gasteiger partial charge in [-0.3, -0.25) is 0 Å². The Hall–Kier alpha value is -4.04. The van der Waals surface area contributed by atoms with Gasteiger partial charge in [0.25, 0.3) is 0 Å². The van der Waals surface area contributed by atoms with Crippen LogP contribution in [0.2, 0.25) is 0 Å².